The Bertz CT molecular complexity index is 1010. The summed E-state index contributed by atoms with van der Waals surface area (Å²) < 4.78 is 10.6. The Morgan fingerprint density at radius 2 is 1.86 bits per heavy atom. The summed E-state index contributed by atoms with van der Waals surface area (Å²) >= 11 is 0. The summed E-state index contributed by atoms with van der Waals surface area (Å²) in [6.07, 6.45) is 1.57. The second-order valence-corrected chi connectivity index (χ2v) is 7.00. The second-order valence-electron chi connectivity index (χ2n) is 7.00. The number of nitrogens with zero attached hydrogens (tertiary/aromatic N) is 1. The van der Waals surface area contributed by atoms with E-state index in [9.17, 15) is 9.59 Å². The number of methoxy groups -OCH3 is 1. The van der Waals surface area contributed by atoms with Crippen molar-refractivity contribution in [2.75, 3.05) is 14.2 Å². The van der Waals surface area contributed by atoms with Gasteiger partial charge in [0.1, 0.15) is 11.5 Å². The van der Waals surface area contributed by atoms with Crippen LogP contribution in [0, 0.1) is 0 Å². The highest BCUT2D eigenvalue weighted by Crippen LogP contribution is 2.42. The van der Waals surface area contributed by atoms with Crippen LogP contribution < -0.4 is 10.1 Å². The number of carbonyl (C=O) groups is 2. The van der Waals surface area contributed by atoms with Crippen molar-refractivity contribution in [1.82, 2.24) is 10.2 Å². The Labute approximate surface area is 169 Å². The first kappa shape index (κ1) is 18.8. The SMILES string of the molecule is COc1ccc([C@@H]2[C@H](C(=O)NCc3ccco3)c3ccccc3C(=O)N2C)cc1. The standard InChI is InChI=1S/C23H22N2O4/c1-25-21(15-9-11-16(28-2)12-10-15)20(18-7-3-4-8-19(18)23(25)27)22(26)24-14-17-6-5-13-29-17/h3-13,20-21H,14H2,1-2H3,(H,24,26)/t20-,21-/m1/s1. The molecule has 0 spiro atoms. The number of likely N-dealkylation sites (N-methyl/N-ethyl adjacent to an activating group) is 1. The predicted octanol–water partition coefficient (Wildman–Crippen LogP) is 3.52. The zero-order valence-corrected chi connectivity index (χ0v) is 16.3. The van der Waals surface area contributed by atoms with Gasteiger partial charge < -0.3 is 19.4 Å². The lowest BCUT2D eigenvalue weighted by molar-refractivity contribution is -0.124. The van der Waals surface area contributed by atoms with E-state index in [1.54, 1.807) is 37.5 Å². The van der Waals surface area contributed by atoms with E-state index in [0.717, 1.165) is 16.9 Å². The molecular weight excluding hydrogens is 368 g/mol. The first-order valence-electron chi connectivity index (χ1n) is 9.40. The molecule has 0 saturated heterocycles. The highest BCUT2D eigenvalue weighted by Gasteiger charge is 2.42. The molecule has 0 bridgehead atoms. The van der Waals surface area contributed by atoms with E-state index in [1.165, 1.54) is 0 Å². The van der Waals surface area contributed by atoms with Crippen molar-refractivity contribution in [2.45, 2.75) is 18.5 Å². The van der Waals surface area contributed by atoms with Crippen molar-refractivity contribution in [2.24, 2.45) is 0 Å². The Kier molecular flexibility index (Phi) is 5.08. The van der Waals surface area contributed by atoms with Gasteiger partial charge in [-0.2, -0.15) is 0 Å². The molecule has 2 amide bonds. The molecule has 6 heteroatoms. The van der Waals surface area contributed by atoms with Crippen LogP contribution in [0.4, 0.5) is 0 Å². The van der Waals surface area contributed by atoms with Crippen LogP contribution in [0.5, 0.6) is 5.75 Å². The molecule has 2 aromatic carbocycles. The topological polar surface area (TPSA) is 71.8 Å². The third kappa shape index (κ3) is 3.49. The predicted molar refractivity (Wildman–Crippen MR) is 108 cm³/mol. The maximum absolute atomic E-state index is 13.3. The van der Waals surface area contributed by atoms with Crippen molar-refractivity contribution in [3.63, 3.8) is 0 Å². The quantitative estimate of drug-likeness (QED) is 0.724. The number of carbonyl (C=O) groups excluding carboxylic acids is 2. The molecule has 0 unspecified atom stereocenters. The zero-order chi connectivity index (χ0) is 20.4. The summed E-state index contributed by atoms with van der Waals surface area (Å²) in [6, 6.07) is 17.9. The molecule has 148 valence electrons. The summed E-state index contributed by atoms with van der Waals surface area (Å²) in [6.45, 7) is 0.289. The van der Waals surface area contributed by atoms with E-state index >= 15 is 0 Å². The molecule has 0 saturated carbocycles. The van der Waals surface area contributed by atoms with Gasteiger partial charge in [-0.3, -0.25) is 9.59 Å². The second kappa shape index (κ2) is 7.83. The largest absolute Gasteiger partial charge is 0.497 e. The molecule has 1 N–H and O–H groups in total. The van der Waals surface area contributed by atoms with E-state index < -0.39 is 12.0 Å². The Morgan fingerprint density at radius 3 is 2.55 bits per heavy atom. The Hall–Kier alpha value is -3.54. The lowest BCUT2D eigenvalue weighted by Crippen LogP contribution is -2.45. The van der Waals surface area contributed by atoms with Crippen LogP contribution in [0.1, 0.15) is 39.2 Å². The fraction of sp³-hybridized carbons (Fsp3) is 0.217. The van der Waals surface area contributed by atoms with Gasteiger partial charge in [0.2, 0.25) is 5.91 Å². The van der Waals surface area contributed by atoms with Crippen LogP contribution in [0.15, 0.2) is 71.3 Å². The van der Waals surface area contributed by atoms with Gasteiger partial charge in [-0.1, -0.05) is 30.3 Å². The van der Waals surface area contributed by atoms with Gasteiger partial charge in [0.05, 0.1) is 31.9 Å². The van der Waals surface area contributed by atoms with Gasteiger partial charge in [-0.25, -0.2) is 0 Å². The molecule has 6 nitrogen and oxygen atoms in total. The van der Waals surface area contributed by atoms with Crippen molar-refractivity contribution < 1.29 is 18.7 Å². The average molecular weight is 390 g/mol. The highest BCUT2D eigenvalue weighted by atomic mass is 16.5. The number of furan rings is 1. The van der Waals surface area contributed by atoms with Crippen LogP contribution in [0.2, 0.25) is 0 Å². The van der Waals surface area contributed by atoms with Crippen LogP contribution in [0.25, 0.3) is 0 Å². The number of nitrogens with one attached hydrogen (secondary N) is 1. The molecule has 1 aliphatic heterocycles. The summed E-state index contributed by atoms with van der Waals surface area (Å²) in [5.74, 6) is 0.591. The maximum Gasteiger partial charge on any atom is 0.254 e. The number of hydrogen-bond acceptors (Lipinski definition) is 4. The van der Waals surface area contributed by atoms with Gasteiger partial charge in [-0.15, -0.1) is 0 Å². The van der Waals surface area contributed by atoms with Crippen molar-refractivity contribution >= 4 is 11.8 Å². The molecule has 0 radical (unpaired) electrons. The molecule has 3 aromatic rings. The van der Waals surface area contributed by atoms with Crippen LogP contribution in [0.3, 0.4) is 0 Å². The summed E-state index contributed by atoms with van der Waals surface area (Å²) in [4.78, 5) is 27.9. The Morgan fingerprint density at radius 1 is 1.10 bits per heavy atom. The minimum atomic E-state index is -0.544. The van der Waals surface area contributed by atoms with E-state index in [0.29, 0.717) is 11.3 Å². The zero-order valence-electron chi connectivity index (χ0n) is 16.3. The number of amides is 2. The van der Waals surface area contributed by atoms with Crippen molar-refractivity contribution in [1.29, 1.82) is 0 Å². The fourth-order valence-corrected chi connectivity index (χ4v) is 3.87. The van der Waals surface area contributed by atoms with E-state index in [1.807, 2.05) is 48.5 Å². The van der Waals surface area contributed by atoms with E-state index in [2.05, 4.69) is 5.32 Å². The lowest BCUT2D eigenvalue weighted by atomic mass is 9.79. The molecule has 29 heavy (non-hydrogen) atoms. The molecule has 1 aromatic heterocycles. The third-order valence-corrected chi connectivity index (χ3v) is 5.34. The molecule has 2 heterocycles. The minimum Gasteiger partial charge on any atom is -0.497 e. The first-order valence-corrected chi connectivity index (χ1v) is 9.40. The van der Waals surface area contributed by atoms with Crippen LogP contribution in [-0.4, -0.2) is 30.9 Å². The average Bonchev–Trinajstić information content (AvgIpc) is 3.28. The van der Waals surface area contributed by atoms with Crippen molar-refractivity contribution in [3.05, 3.63) is 89.4 Å². The Balaban J connectivity index is 1.73. The number of hydrogen-bond donors (Lipinski definition) is 1. The van der Waals surface area contributed by atoms with Gasteiger partial charge >= 0.3 is 0 Å². The highest BCUT2D eigenvalue weighted by molar-refractivity contribution is 6.01. The third-order valence-electron chi connectivity index (χ3n) is 5.34. The summed E-state index contributed by atoms with van der Waals surface area (Å²) in [5, 5.41) is 2.96. The first-order chi connectivity index (χ1) is 14.1. The number of ether oxygens (including phenoxy) is 1. The van der Waals surface area contributed by atoms with E-state index in [4.69, 9.17) is 9.15 Å². The fourth-order valence-electron chi connectivity index (χ4n) is 3.87. The minimum absolute atomic E-state index is 0.100. The lowest BCUT2D eigenvalue weighted by Gasteiger charge is -2.39. The summed E-state index contributed by atoms with van der Waals surface area (Å²) in [7, 11) is 3.34. The molecular formula is C23H22N2O4. The molecule has 4 rings (SSSR count). The molecule has 0 aliphatic carbocycles. The van der Waals surface area contributed by atoms with E-state index in [-0.39, 0.29) is 18.4 Å². The monoisotopic (exact) mass is 390 g/mol. The number of rotatable bonds is 5. The van der Waals surface area contributed by atoms with Crippen LogP contribution in [-0.2, 0) is 11.3 Å². The molecule has 1 aliphatic rings. The van der Waals surface area contributed by atoms with Crippen LogP contribution >= 0.6 is 0 Å². The van der Waals surface area contributed by atoms with Gasteiger partial charge in [0.15, 0.2) is 0 Å². The van der Waals surface area contributed by atoms with Crippen molar-refractivity contribution in [3.8, 4) is 5.75 Å². The normalized spacial score (nSPS) is 18.3. The number of benzene rings is 2. The molecule has 0 fully saturated rings. The van der Waals surface area contributed by atoms with Gasteiger partial charge in [-0.05, 0) is 41.5 Å². The smallest absolute Gasteiger partial charge is 0.254 e. The van der Waals surface area contributed by atoms with Gasteiger partial charge in [0.25, 0.3) is 5.91 Å². The van der Waals surface area contributed by atoms with Gasteiger partial charge in [0, 0.05) is 12.6 Å². The molecule has 2 atom stereocenters. The number of fused-ring (bicyclic) bond motifs is 1. The summed E-state index contributed by atoms with van der Waals surface area (Å²) in [5.41, 5.74) is 2.15. The maximum atomic E-state index is 13.3.